The molecular weight excluding hydrogens is 697 g/mol. The first kappa shape index (κ1) is 33.9. The minimum absolute atomic E-state index is 0.116. The van der Waals surface area contributed by atoms with Gasteiger partial charge in [-0.1, -0.05) is 11.6 Å². The van der Waals surface area contributed by atoms with Crippen molar-refractivity contribution in [2.45, 2.75) is 40.9 Å². The molecule has 4 aliphatic rings. The van der Waals surface area contributed by atoms with Crippen LogP contribution in [0.2, 0.25) is 0 Å². The Morgan fingerprint density at radius 3 is 1.88 bits per heavy atom. The summed E-state index contributed by atoms with van der Waals surface area (Å²) in [7, 11) is 3.63. The summed E-state index contributed by atoms with van der Waals surface area (Å²) in [5.74, 6) is -9.73. The van der Waals surface area contributed by atoms with Crippen LogP contribution in [0, 0.1) is 17.8 Å². The molecule has 2 saturated heterocycles. The van der Waals surface area contributed by atoms with Gasteiger partial charge in [0.25, 0.3) is 11.8 Å². The Morgan fingerprint density at radius 2 is 1.38 bits per heavy atom. The standard InChI is InChI=1S/C31H24Cl2F6N2O7/c1-40-26(45)28(32)11-18-16(22(29(28,33)27(40)46)12-6-19(47-2)23(42)20(7-12)48-3)4-5-17-21(18)25(44)41(24(17)43)15-9-13(30(34,35)36)8-14(10-15)31(37,38)39/h4,6-10,17-18,21-22,42H,5,11H2,1-3H3. The number of aromatic hydroxyl groups is 1. The van der Waals surface area contributed by atoms with Crippen molar-refractivity contribution in [3.63, 3.8) is 0 Å². The Bertz CT molecular complexity index is 1770. The summed E-state index contributed by atoms with van der Waals surface area (Å²) in [4.78, 5) is 51.8. The zero-order valence-electron chi connectivity index (χ0n) is 25.0. The first-order valence-electron chi connectivity index (χ1n) is 14.2. The number of carbonyl (C=O) groups excluding carboxylic acids is 4. The minimum Gasteiger partial charge on any atom is -0.502 e. The third kappa shape index (κ3) is 4.52. The van der Waals surface area contributed by atoms with E-state index in [4.69, 9.17) is 32.7 Å². The van der Waals surface area contributed by atoms with Crippen molar-refractivity contribution in [2.24, 2.45) is 17.8 Å². The van der Waals surface area contributed by atoms with E-state index in [9.17, 15) is 50.6 Å². The highest BCUT2D eigenvalue weighted by atomic mass is 35.5. The number of phenolic OH excluding ortho intramolecular Hbond substituents is 1. The topological polar surface area (TPSA) is 113 Å². The van der Waals surface area contributed by atoms with Gasteiger partial charge in [0, 0.05) is 13.0 Å². The van der Waals surface area contributed by atoms with E-state index in [2.05, 4.69) is 0 Å². The fraction of sp³-hybridized carbons (Fsp3) is 0.419. The zero-order valence-corrected chi connectivity index (χ0v) is 26.5. The van der Waals surface area contributed by atoms with Gasteiger partial charge in [-0.05, 0) is 54.7 Å². The monoisotopic (exact) mass is 720 g/mol. The average molecular weight is 721 g/mol. The Balaban J connectivity index is 1.53. The van der Waals surface area contributed by atoms with Gasteiger partial charge in [-0.15, -0.1) is 23.2 Å². The molecule has 0 bridgehead atoms. The molecule has 6 rings (SSSR count). The molecule has 6 atom stereocenters. The number of benzene rings is 2. The molecule has 1 saturated carbocycles. The molecule has 0 radical (unpaired) electrons. The predicted octanol–water partition coefficient (Wildman–Crippen LogP) is 5.64. The number of allylic oxidation sites excluding steroid dienone is 2. The van der Waals surface area contributed by atoms with E-state index >= 15 is 0 Å². The van der Waals surface area contributed by atoms with Crippen LogP contribution in [0.25, 0.3) is 0 Å². The van der Waals surface area contributed by atoms with E-state index in [1.165, 1.54) is 32.4 Å². The number of amides is 4. The molecule has 6 unspecified atom stereocenters. The highest BCUT2D eigenvalue weighted by molar-refractivity contribution is 6.53. The van der Waals surface area contributed by atoms with E-state index in [1.54, 1.807) is 0 Å². The van der Waals surface area contributed by atoms with Gasteiger partial charge in [-0.2, -0.15) is 26.3 Å². The normalized spacial score (nSPS) is 30.3. The van der Waals surface area contributed by atoms with Crippen LogP contribution in [0.15, 0.2) is 42.0 Å². The lowest BCUT2D eigenvalue weighted by Crippen LogP contribution is -2.60. The molecule has 2 aromatic rings. The predicted molar refractivity (Wildman–Crippen MR) is 156 cm³/mol. The van der Waals surface area contributed by atoms with Crippen molar-refractivity contribution < 1.29 is 60.1 Å². The number of carbonyl (C=O) groups is 4. The summed E-state index contributed by atoms with van der Waals surface area (Å²) < 4.78 is 92.7. The maximum atomic E-state index is 14.1. The van der Waals surface area contributed by atoms with Crippen molar-refractivity contribution in [3.05, 3.63) is 58.7 Å². The number of hydrogen-bond acceptors (Lipinski definition) is 7. The number of halogens is 8. The summed E-state index contributed by atoms with van der Waals surface area (Å²) in [6, 6.07) is 3.10. The number of rotatable bonds is 4. The lowest BCUT2D eigenvalue weighted by atomic mass is 9.56. The number of methoxy groups -OCH3 is 2. The molecule has 2 aliphatic carbocycles. The van der Waals surface area contributed by atoms with E-state index in [0.717, 1.165) is 11.9 Å². The molecule has 2 heterocycles. The summed E-state index contributed by atoms with van der Waals surface area (Å²) >= 11 is 14.2. The van der Waals surface area contributed by atoms with Gasteiger partial charge in [-0.3, -0.25) is 24.1 Å². The summed E-state index contributed by atoms with van der Waals surface area (Å²) in [5.41, 5.74) is -3.94. The van der Waals surface area contributed by atoms with Crippen molar-refractivity contribution in [3.8, 4) is 17.2 Å². The third-order valence-electron chi connectivity index (χ3n) is 9.68. The van der Waals surface area contributed by atoms with Gasteiger partial charge in [-0.25, -0.2) is 4.90 Å². The van der Waals surface area contributed by atoms with Crippen LogP contribution in [0.4, 0.5) is 32.0 Å². The highest BCUT2D eigenvalue weighted by Crippen LogP contribution is 2.66. The van der Waals surface area contributed by atoms with Crippen LogP contribution < -0.4 is 14.4 Å². The van der Waals surface area contributed by atoms with Crippen LogP contribution in [0.3, 0.4) is 0 Å². The van der Waals surface area contributed by atoms with E-state index in [0.29, 0.717) is 4.90 Å². The smallest absolute Gasteiger partial charge is 0.416 e. The number of anilines is 1. The van der Waals surface area contributed by atoms with Gasteiger partial charge in [0.05, 0.1) is 42.9 Å². The maximum absolute atomic E-state index is 14.1. The second kappa shape index (κ2) is 10.8. The summed E-state index contributed by atoms with van der Waals surface area (Å²) in [6.07, 6.45) is -9.68. The Kier molecular flexibility index (Phi) is 7.60. The molecule has 0 aromatic heterocycles. The van der Waals surface area contributed by atoms with E-state index in [-0.39, 0.29) is 47.3 Å². The van der Waals surface area contributed by atoms with Crippen molar-refractivity contribution in [1.29, 1.82) is 0 Å². The van der Waals surface area contributed by atoms with Gasteiger partial charge in [0.15, 0.2) is 21.2 Å². The summed E-state index contributed by atoms with van der Waals surface area (Å²) in [6.45, 7) is 0. The number of imide groups is 2. The number of alkyl halides is 8. The molecule has 48 heavy (non-hydrogen) atoms. The second-order valence-electron chi connectivity index (χ2n) is 12.0. The number of ether oxygens (including phenoxy) is 2. The first-order chi connectivity index (χ1) is 22.2. The molecule has 17 heteroatoms. The maximum Gasteiger partial charge on any atom is 0.416 e. The SMILES string of the molecule is COc1cc(C2C3=CCC4C(=O)N(c5cc(C(F)(F)F)cc(C(F)(F)F)c5)C(=O)C4C3CC3(Cl)C(=O)N(C)C(=O)C23Cl)cc(OC)c1O. The minimum atomic E-state index is -5.25. The molecule has 2 aromatic carbocycles. The highest BCUT2D eigenvalue weighted by Gasteiger charge is 2.76. The average Bonchev–Trinajstić information content (AvgIpc) is 3.35. The number of hydrogen-bond donors (Lipinski definition) is 1. The Morgan fingerprint density at radius 1 is 0.833 bits per heavy atom. The molecule has 3 fully saturated rings. The quantitative estimate of drug-likeness (QED) is 0.188. The molecule has 4 amide bonds. The van der Waals surface area contributed by atoms with Crippen molar-refractivity contribution in [2.75, 3.05) is 26.2 Å². The first-order valence-corrected chi connectivity index (χ1v) is 15.0. The summed E-state index contributed by atoms with van der Waals surface area (Å²) in [5, 5.41) is 10.6. The molecule has 0 spiro atoms. The van der Waals surface area contributed by atoms with Crippen molar-refractivity contribution >= 4 is 52.5 Å². The largest absolute Gasteiger partial charge is 0.502 e. The lowest BCUT2D eigenvalue weighted by molar-refractivity contribution is -0.143. The van der Waals surface area contributed by atoms with E-state index in [1.807, 2.05) is 0 Å². The van der Waals surface area contributed by atoms with E-state index < -0.39 is 98.4 Å². The van der Waals surface area contributed by atoms with Gasteiger partial charge >= 0.3 is 12.4 Å². The number of likely N-dealkylation sites (tertiary alicyclic amines) is 1. The van der Waals surface area contributed by atoms with Crippen LogP contribution >= 0.6 is 23.2 Å². The Labute approximate surface area is 277 Å². The lowest BCUT2D eigenvalue weighted by Gasteiger charge is -2.50. The van der Waals surface area contributed by atoms with Crippen LogP contribution in [0.1, 0.15) is 35.4 Å². The van der Waals surface area contributed by atoms with Gasteiger partial charge in [0.1, 0.15) is 0 Å². The molecule has 2 aliphatic heterocycles. The number of fused-ring (bicyclic) bond motifs is 4. The molecule has 256 valence electrons. The number of phenols is 1. The van der Waals surface area contributed by atoms with Crippen LogP contribution in [0.5, 0.6) is 17.2 Å². The molecular formula is C31H24Cl2F6N2O7. The fourth-order valence-corrected chi connectivity index (χ4v) is 8.54. The number of nitrogens with zero attached hydrogens (tertiary/aromatic N) is 2. The second-order valence-corrected chi connectivity index (χ2v) is 13.3. The Hall–Kier alpha value is -3.98. The zero-order chi connectivity index (χ0) is 35.5. The van der Waals surface area contributed by atoms with Crippen LogP contribution in [-0.2, 0) is 31.5 Å². The molecule has 9 nitrogen and oxygen atoms in total. The van der Waals surface area contributed by atoms with Gasteiger partial charge in [0.2, 0.25) is 17.6 Å². The third-order valence-corrected chi connectivity index (χ3v) is 11.1. The van der Waals surface area contributed by atoms with Crippen molar-refractivity contribution in [1.82, 2.24) is 4.90 Å². The van der Waals surface area contributed by atoms with Crippen LogP contribution in [-0.4, -0.2) is 64.7 Å². The van der Waals surface area contributed by atoms with Gasteiger partial charge < -0.3 is 14.6 Å². The fourth-order valence-electron chi connectivity index (χ4n) is 7.52. The molecule has 1 N–H and O–H groups in total.